The van der Waals surface area contributed by atoms with Gasteiger partial charge in [-0.1, -0.05) is 0 Å². The molecule has 6 N–H and O–H groups in total. The second kappa shape index (κ2) is 59.2. The summed E-state index contributed by atoms with van der Waals surface area (Å²) in [5.41, 5.74) is 1.64. The lowest BCUT2D eigenvalue weighted by atomic mass is 9.92. The van der Waals surface area contributed by atoms with E-state index in [1.165, 1.54) is 6.92 Å². The van der Waals surface area contributed by atoms with Crippen molar-refractivity contribution in [3.8, 4) is 0 Å². The predicted molar refractivity (Wildman–Crippen MR) is 348 cm³/mol. The van der Waals surface area contributed by atoms with Crippen molar-refractivity contribution in [2.75, 3.05) is 264 Å². The number of esters is 3. The second-order valence-electron chi connectivity index (χ2n) is 22.3. The number of ether oxygens (including phenoxy) is 23. The van der Waals surface area contributed by atoms with Gasteiger partial charge in [-0.25, -0.2) is 9.59 Å². The van der Waals surface area contributed by atoms with Crippen LogP contribution in [0.25, 0.3) is 0 Å². The van der Waals surface area contributed by atoms with E-state index in [4.69, 9.17) is 140 Å². The van der Waals surface area contributed by atoms with Crippen LogP contribution in [0.4, 0.5) is 0 Å². The maximum atomic E-state index is 14.6. The summed E-state index contributed by atoms with van der Waals surface area (Å²) in [5, 5.41) is 54.2. The first-order chi connectivity index (χ1) is 48.3. The fourth-order valence-corrected chi connectivity index (χ4v) is 8.78. The molecule has 99 heavy (non-hydrogen) atoms. The molecule has 0 aliphatic carbocycles. The van der Waals surface area contributed by atoms with Crippen molar-refractivity contribution >= 4 is 17.9 Å². The zero-order valence-electron chi connectivity index (χ0n) is 58.2. The third kappa shape index (κ3) is 42.9. The van der Waals surface area contributed by atoms with E-state index in [-0.39, 0.29) is 302 Å². The molecule has 0 spiro atoms. The molecule has 32 heteroatoms. The third-order valence-corrected chi connectivity index (χ3v) is 13.7. The van der Waals surface area contributed by atoms with Crippen LogP contribution >= 0.6 is 0 Å². The number of rotatable bonds is 69. The summed E-state index contributed by atoms with van der Waals surface area (Å²) in [5.74, 6) is -3.58. The highest BCUT2D eigenvalue weighted by molar-refractivity contribution is 5.91. The van der Waals surface area contributed by atoms with Gasteiger partial charge < -0.3 is 140 Å². The SMILES string of the molecule is CC1(C)OCC(COC(=O)C(C)(COC(=O)c2cc(COCCOCCOCCO)c(COCCOCCOCCO)c(COCCOCCOCCO)c2)COC(=O)c2cc(COCCOCCOCCO)c(COCCOCCOCCO)c(COCCOCCOCCO)c2)O1. The number of aliphatic hydroxyl groups excluding tert-OH is 6. The molecule has 1 aliphatic rings. The molecule has 2 aromatic rings. The van der Waals surface area contributed by atoms with E-state index in [9.17, 15) is 14.4 Å². The van der Waals surface area contributed by atoms with Gasteiger partial charge in [-0.2, -0.15) is 0 Å². The van der Waals surface area contributed by atoms with Gasteiger partial charge >= 0.3 is 17.9 Å². The van der Waals surface area contributed by atoms with Crippen molar-refractivity contribution in [2.24, 2.45) is 5.41 Å². The van der Waals surface area contributed by atoms with E-state index in [2.05, 4.69) is 0 Å². The van der Waals surface area contributed by atoms with Crippen molar-refractivity contribution < 1.29 is 154 Å². The third-order valence-electron chi connectivity index (χ3n) is 13.7. The number of hydrogen-bond donors (Lipinski definition) is 6. The molecule has 1 unspecified atom stereocenters. The van der Waals surface area contributed by atoms with Gasteiger partial charge in [-0.3, -0.25) is 4.79 Å². The molecule has 1 fully saturated rings. The molecule has 0 aromatic heterocycles. The van der Waals surface area contributed by atoms with Gasteiger partial charge in [0, 0.05) is 0 Å². The summed E-state index contributed by atoms with van der Waals surface area (Å²) in [4.78, 5) is 43.8. The van der Waals surface area contributed by atoms with Crippen molar-refractivity contribution in [2.45, 2.75) is 72.3 Å². The second-order valence-corrected chi connectivity index (χ2v) is 22.3. The Morgan fingerprint density at radius 3 is 0.828 bits per heavy atom. The summed E-state index contributed by atoms with van der Waals surface area (Å²) in [6, 6.07) is 6.34. The van der Waals surface area contributed by atoms with E-state index >= 15 is 0 Å². The minimum absolute atomic E-state index is 0.0291. The Bertz CT molecular complexity index is 2110. The van der Waals surface area contributed by atoms with Gasteiger partial charge in [0.15, 0.2) is 5.79 Å². The number of aliphatic hydroxyl groups is 6. The molecule has 2 aromatic carbocycles. The van der Waals surface area contributed by atoms with E-state index in [1.54, 1.807) is 38.1 Å². The number of carbonyl (C=O) groups is 3. The van der Waals surface area contributed by atoms with E-state index in [0.29, 0.717) is 33.4 Å². The van der Waals surface area contributed by atoms with Gasteiger partial charge in [0.1, 0.15) is 31.3 Å². The minimum Gasteiger partial charge on any atom is -0.462 e. The van der Waals surface area contributed by atoms with Crippen molar-refractivity contribution in [3.63, 3.8) is 0 Å². The minimum atomic E-state index is -1.85. The lowest BCUT2D eigenvalue weighted by molar-refractivity contribution is -0.170. The quantitative estimate of drug-likeness (QED) is 0.0301. The maximum Gasteiger partial charge on any atom is 0.338 e. The molecule has 1 atom stereocenters. The van der Waals surface area contributed by atoms with E-state index < -0.39 is 48.4 Å². The van der Waals surface area contributed by atoms with E-state index in [1.807, 2.05) is 0 Å². The molecule has 0 saturated carbocycles. The normalized spacial score (nSPS) is 13.8. The zero-order chi connectivity index (χ0) is 71.5. The van der Waals surface area contributed by atoms with Crippen LogP contribution in [0, 0.1) is 5.41 Å². The molecule has 1 saturated heterocycles. The molecule has 1 heterocycles. The summed E-state index contributed by atoms with van der Waals surface area (Å²) in [7, 11) is 0. The highest BCUT2D eigenvalue weighted by atomic mass is 16.8. The molecule has 0 bridgehead atoms. The topological polar surface area (TPSA) is 385 Å². The first-order valence-corrected chi connectivity index (χ1v) is 33.5. The Morgan fingerprint density at radius 2 is 0.596 bits per heavy atom. The van der Waals surface area contributed by atoms with Gasteiger partial charge in [0.2, 0.25) is 0 Å². The molecule has 3 rings (SSSR count). The van der Waals surface area contributed by atoms with Crippen LogP contribution < -0.4 is 0 Å². The van der Waals surface area contributed by atoms with Crippen LogP contribution in [0.15, 0.2) is 24.3 Å². The Balaban J connectivity index is 2.03. The molecule has 0 radical (unpaired) electrons. The van der Waals surface area contributed by atoms with Crippen LogP contribution in [-0.4, -0.2) is 325 Å². The number of benzene rings is 2. The van der Waals surface area contributed by atoms with Crippen molar-refractivity contribution in [3.05, 3.63) is 68.8 Å². The van der Waals surface area contributed by atoms with Crippen LogP contribution in [0.3, 0.4) is 0 Å². The standard InChI is InChI=1S/C67H112O32/c1-66(2)98-49-60(99-66)48-95-65(76)67(3,52-96-63(74)54-40-56(44-89-34-28-83-22-16-77-10-4-68)61(50-93-38-32-87-26-20-81-14-8-72)57(41-54)45-90-35-29-84-23-17-78-11-5-69)53-97-64(75)55-42-58(46-91-36-30-85-24-18-79-12-6-70)62(51-94-39-33-88-27-21-82-15-9-73)59(43-55)47-92-37-31-86-25-19-80-13-7-71/h40-43,60,68-73H,4-39,44-53H2,1-3H3. The molecular weight excluding hydrogens is 1320 g/mol. The van der Waals surface area contributed by atoms with Gasteiger partial charge in [0.25, 0.3) is 0 Å². The molecule has 572 valence electrons. The Kier molecular flexibility index (Phi) is 53.3. The highest BCUT2D eigenvalue weighted by Gasteiger charge is 2.41. The summed E-state index contributed by atoms with van der Waals surface area (Å²) in [6.45, 7) is 9.18. The smallest absolute Gasteiger partial charge is 0.338 e. The molecular formula is C67H112O32. The Labute approximate surface area is 580 Å². The van der Waals surface area contributed by atoms with Crippen LogP contribution in [0.2, 0.25) is 0 Å². The lowest BCUT2D eigenvalue weighted by Gasteiger charge is -2.27. The average molecular weight is 1430 g/mol. The summed E-state index contributed by atoms with van der Waals surface area (Å²) >= 11 is 0. The van der Waals surface area contributed by atoms with Crippen LogP contribution in [0.1, 0.15) is 74.9 Å². The fraction of sp³-hybridized carbons (Fsp3) is 0.776. The van der Waals surface area contributed by atoms with Crippen LogP contribution in [0.5, 0.6) is 0 Å². The van der Waals surface area contributed by atoms with Gasteiger partial charge in [-0.15, -0.1) is 0 Å². The first-order valence-electron chi connectivity index (χ1n) is 33.5. The molecule has 0 amide bonds. The zero-order valence-corrected chi connectivity index (χ0v) is 58.2. The van der Waals surface area contributed by atoms with Gasteiger partial charge in [-0.05, 0) is 78.4 Å². The number of carbonyl (C=O) groups excluding carboxylic acids is 3. The van der Waals surface area contributed by atoms with Crippen molar-refractivity contribution in [1.82, 2.24) is 0 Å². The lowest BCUT2D eigenvalue weighted by Crippen LogP contribution is -2.41. The Morgan fingerprint density at radius 1 is 0.364 bits per heavy atom. The molecule has 1 aliphatic heterocycles. The van der Waals surface area contributed by atoms with E-state index in [0.717, 1.165) is 0 Å². The van der Waals surface area contributed by atoms with Crippen molar-refractivity contribution in [1.29, 1.82) is 0 Å². The summed E-state index contributed by atoms with van der Waals surface area (Å²) < 4.78 is 132. The predicted octanol–water partition coefficient (Wildman–Crippen LogP) is 0.654. The largest absolute Gasteiger partial charge is 0.462 e. The average Bonchev–Trinajstić information content (AvgIpc) is 1.73. The van der Waals surface area contributed by atoms with Crippen LogP contribution in [-0.2, 0) is 153 Å². The first kappa shape index (κ1) is 89.0. The summed E-state index contributed by atoms with van der Waals surface area (Å²) in [6.07, 6.45) is -0.648. The monoisotopic (exact) mass is 1430 g/mol. The fourth-order valence-electron chi connectivity index (χ4n) is 8.78. The van der Waals surface area contributed by atoms with Gasteiger partial charge in [0.05, 0.1) is 295 Å². The number of hydrogen-bond acceptors (Lipinski definition) is 32. The highest BCUT2D eigenvalue weighted by Crippen LogP contribution is 2.29. The Hall–Kier alpha value is -4.19. The molecule has 32 nitrogen and oxygen atoms in total. The maximum absolute atomic E-state index is 14.6.